The van der Waals surface area contributed by atoms with Crippen LogP contribution in [0, 0.1) is 6.92 Å². The average molecular weight is 281 g/mol. The molecule has 2 aromatic rings. The van der Waals surface area contributed by atoms with Gasteiger partial charge in [-0.15, -0.1) is 0 Å². The number of aromatic nitrogens is 1. The Bertz CT molecular complexity index is 717. The van der Waals surface area contributed by atoms with Crippen LogP contribution in [0.3, 0.4) is 0 Å². The monoisotopic (exact) mass is 281 g/mol. The number of hydrogen-bond acceptors (Lipinski definition) is 5. The molecule has 6 nitrogen and oxygen atoms in total. The Hall–Kier alpha value is -2.15. The maximum absolute atomic E-state index is 12.1. The first kappa shape index (κ1) is 13.3. The number of sulfone groups is 1. The zero-order chi connectivity index (χ0) is 14.0. The molecule has 2 heterocycles. The Morgan fingerprint density at radius 3 is 2.68 bits per heavy atom. The molecule has 0 bridgehead atoms. The molecule has 0 spiro atoms. The molecule has 0 atom stereocenters. The first-order chi connectivity index (χ1) is 8.90. The van der Waals surface area contributed by atoms with Crippen molar-refractivity contribution < 1.29 is 22.7 Å². The van der Waals surface area contributed by atoms with Crippen molar-refractivity contribution in [2.45, 2.75) is 17.8 Å². The first-order valence-electron chi connectivity index (χ1n) is 5.36. The molecular formula is C12H11NO5S. The third-order valence-corrected chi connectivity index (χ3v) is 4.03. The molecular weight excluding hydrogens is 270 g/mol. The number of rotatable bonds is 4. The van der Waals surface area contributed by atoms with Crippen LogP contribution in [-0.2, 0) is 15.6 Å². The van der Waals surface area contributed by atoms with E-state index in [0.29, 0.717) is 5.69 Å². The van der Waals surface area contributed by atoms with Crippen molar-refractivity contribution in [3.05, 3.63) is 47.5 Å². The fourth-order valence-electron chi connectivity index (χ4n) is 1.52. The predicted octanol–water partition coefficient (Wildman–Crippen LogP) is 1.66. The number of aryl methyl sites for hydroxylation is 1. The molecule has 2 rings (SSSR count). The highest BCUT2D eigenvalue weighted by atomic mass is 32.2. The Kier molecular flexibility index (Phi) is 3.39. The quantitative estimate of drug-likeness (QED) is 0.915. The number of furan rings is 1. The van der Waals surface area contributed by atoms with Crippen molar-refractivity contribution in [2.75, 3.05) is 0 Å². The molecule has 0 amide bonds. The summed E-state index contributed by atoms with van der Waals surface area (Å²) in [5, 5.41) is 8.33. The zero-order valence-corrected chi connectivity index (χ0v) is 10.8. The SMILES string of the molecule is Cc1cccnc1CS(=O)(=O)c1ccc(C(=O)O)o1. The maximum Gasteiger partial charge on any atom is 0.371 e. The van der Waals surface area contributed by atoms with Crippen molar-refractivity contribution in [3.63, 3.8) is 0 Å². The van der Waals surface area contributed by atoms with Crippen LogP contribution in [0.1, 0.15) is 21.8 Å². The van der Waals surface area contributed by atoms with Gasteiger partial charge in [0.2, 0.25) is 20.7 Å². The van der Waals surface area contributed by atoms with Gasteiger partial charge in [-0.3, -0.25) is 4.98 Å². The summed E-state index contributed by atoms with van der Waals surface area (Å²) >= 11 is 0. The fourth-order valence-corrected chi connectivity index (χ4v) is 2.82. The van der Waals surface area contributed by atoms with Gasteiger partial charge in [0, 0.05) is 6.20 Å². The number of carboxylic acids is 1. The maximum atomic E-state index is 12.1. The highest BCUT2D eigenvalue weighted by Crippen LogP contribution is 2.19. The van der Waals surface area contributed by atoms with E-state index in [-0.39, 0.29) is 10.8 Å². The molecule has 19 heavy (non-hydrogen) atoms. The Balaban J connectivity index is 2.32. The molecule has 100 valence electrons. The lowest BCUT2D eigenvalue weighted by atomic mass is 10.2. The topological polar surface area (TPSA) is 97.5 Å². The molecule has 0 aliphatic carbocycles. The van der Waals surface area contributed by atoms with Crippen molar-refractivity contribution in [1.82, 2.24) is 4.98 Å². The van der Waals surface area contributed by atoms with Crippen LogP contribution in [0.4, 0.5) is 0 Å². The van der Waals surface area contributed by atoms with Gasteiger partial charge >= 0.3 is 5.97 Å². The largest absolute Gasteiger partial charge is 0.475 e. The second-order valence-corrected chi connectivity index (χ2v) is 5.87. The van der Waals surface area contributed by atoms with Crippen LogP contribution < -0.4 is 0 Å². The minimum Gasteiger partial charge on any atom is -0.475 e. The van der Waals surface area contributed by atoms with E-state index in [4.69, 9.17) is 9.52 Å². The van der Waals surface area contributed by atoms with Crippen molar-refractivity contribution in [3.8, 4) is 0 Å². The molecule has 0 unspecified atom stereocenters. The first-order valence-corrected chi connectivity index (χ1v) is 7.02. The van der Waals surface area contributed by atoms with Gasteiger partial charge in [-0.2, -0.15) is 0 Å². The Labute approximate surface area is 109 Å². The van der Waals surface area contributed by atoms with E-state index in [1.54, 1.807) is 19.1 Å². The summed E-state index contributed by atoms with van der Waals surface area (Å²) < 4.78 is 28.9. The lowest BCUT2D eigenvalue weighted by Crippen LogP contribution is -2.07. The van der Waals surface area contributed by atoms with Gasteiger partial charge in [-0.05, 0) is 30.7 Å². The summed E-state index contributed by atoms with van der Waals surface area (Å²) in [6, 6.07) is 5.71. The van der Waals surface area contributed by atoms with Gasteiger partial charge in [0.25, 0.3) is 0 Å². The van der Waals surface area contributed by atoms with Crippen LogP contribution in [0.5, 0.6) is 0 Å². The summed E-state index contributed by atoms with van der Waals surface area (Å²) in [5.74, 6) is -2.04. The van der Waals surface area contributed by atoms with Crippen LogP contribution in [0.15, 0.2) is 40.0 Å². The highest BCUT2D eigenvalue weighted by molar-refractivity contribution is 7.90. The van der Waals surface area contributed by atoms with Gasteiger partial charge in [0.05, 0.1) is 5.69 Å². The third kappa shape index (κ3) is 2.82. The van der Waals surface area contributed by atoms with E-state index in [0.717, 1.165) is 17.7 Å². The van der Waals surface area contributed by atoms with Gasteiger partial charge in [-0.1, -0.05) is 6.07 Å². The fraction of sp³-hybridized carbons (Fsp3) is 0.167. The highest BCUT2D eigenvalue weighted by Gasteiger charge is 2.22. The number of carbonyl (C=O) groups is 1. The van der Waals surface area contributed by atoms with Gasteiger partial charge in [-0.25, -0.2) is 13.2 Å². The van der Waals surface area contributed by atoms with Crippen molar-refractivity contribution in [1.29, 1.82) is 0 Å². The molecule has 7 heteroatoms. The Morgan fingerprint density at radius 1 is 1.37 bits per heavy atom. The smallest absolute Gasteiger partial charge is 0.371 e. The minimum atomic E-state index is -3.74. The number of aromatic carboxylic acids is 1. The van der Waals surface area contributed by atoms with Crippen molar-refractivity contribution >= 4 is 15.8 Å². The predicted molar refractivity (Wildman–Crippen MR) is 65.5 cm³/mol. The molecule has 0 aliphatic heterocycles. The van der Waals surface area contributed by atoms with Crippen LogP contribution in [0.2, 0.25) is 0 Å². The van der Waals surface area contributed by atoms with Gasteiger partial charge < -0.3 is 9.52 Å². The van der Waals surface area contributed by atoms with Crippen molar-refractivity contribution in [2.24, 2.45) is 0 Å². The van der Waals surface area contributed by atoms with Crippen LogP contribution in [0.25, 0.3) is 0 Å². The normalized spacial score (nSPS) is 11.4. The average Bonchev–Trinajstić information content (AvgIpc) is 2.82. The molecule has 0 saturated heterocycles. The molecule has 0 aromatic carbocycles. The summed E-state index contributed by atoms with van der Waals surface area (Å²) in [4.78, 5) is 14.6. The van der Waals surface area contributed by atoms with E-state index < -0.39 is 21.6 Å². The van der Waals surface area contributed by atoms with Crippen LogP contribution >= 0.6 is 0 Å². The van der Waals surface area contributed by atoms with Crippen LogP contribution in [-0.4, -0.2) is 24.5 Å². The molecule has 0 fully saturated rings. The summed E-state index contributed by atoms with van der Waals surface area (Å²) in [6.45, 7) is 1.75. The number of carboxylic acid groups (broad SMARTS) is 1. The minimum absolute atomic E-state index is 0.327. The van der Waals surface area contributed by atoms with Gasteiger partial charge in [0.1, 0.15) is 5.75 Å². The number of hydrogen-bond donors (Lipinski definition) is 1. The molecule has 0 aliphatic rings. The van der Waals surface area contributed by atoms with Gasteiger partial charge in [0.15, 0.2) is 0 Å². The van der Waals surface area contributed by atoms with E-state index in [1.165, 1.54) is 6.20 Å². The summed E-state index contributed by atoms with van der Waals surface area (Å²) in [6.07, 6.45) is 1.50. The van der Waals surface area contributed by atoms with E-state index >= 15 is 0 Å². The third-order valence-electron chi connectivity index (χ3n) is 2.54. The molecule has 2 aromatic heterocycles. The zero-order valence-electron chi connectivity index (χ0n) is 10.0. The van der Waals surface area contributed by atoms with E-state index in [2.05, 4.69) is 4.98 Å². The summed E-state index contributed by atoms with van der Waals surface area (Å²) in [5.41, 5.74) is 1.16. The van der Waals surface area contributed by atoms with E-state index in [1.807, 2.05) is 0 Å². The number of nitrogens with zero attached hydrogens (tertiary/aromatic N) is 1. The standard InChI is InChI=1S/C12H11NO5S/c1-8-3-2-6-13-9(8)7-19(16,17)11-5-4-10(18-11)12(14)15/h2-6H,7H2,1H3,(H,14,15). The second kappa shape index (κ2) is 4.85. The lowest BCUT2D eigenvalue weighted by molar-refractivity contribution is 0.0656. The van der Waals surface area contributed by atoms with E-state index in [9.17, 15) is 13.2 Å². The molecule has 1 N–H and O–H groups in total. The second-order valence-electron chi connectivity index (χ2n) is 3.95. The Morgan fingerprint density at radius 2 is 2.11 bits per heavy atom. The molecule has 0 radical (unpaired) electrons. The lowest BCUT2D eigenvalue weighted by Gasteiger charge is -2.03. The number of pyridine rings is 1. The summed E-state index contributed by atoms with van der Waals surface area (Å²) in [7, 11) is -3.74. The molecule has 0 saturated carbocycles.